The molecule has 2 aromatic carbocycles. The molecule has 0 aromatic heterocycles. The van der Waals surface area contributed by atoms with E-state index in [2.05, 4.69) is 5.32 Å². The van der Waals surface area contributed by atoms with E-state index in [0.29, 0.717) is 6.54 Å². The van der Waals surface area contributed by atoms with Crippen LogP contribution in [-0.2, 0) is 6.18 Å². The van der Waals surface area contributed by atoms with Crippen molar-refractivity contribution in [2.24, 2.45) is 0 Å². The molecule has 2 rings (SSSR count). The Hall–Kier alpha value is -2.30. The summed E-state index contributed by atoms with van der Waals surface area (Å²) in [6.07, 6.45) is -4.39. The lowest BCUT2D eigenvalue weighted by molar-refractivity contribution is -0.137. The van der Waals surface area contributed by atoms with Crippen LogP contribution in [0, 0.1) is 0 Å². The number of rotatable bonds is 4. The number of hydrogen-bond acceptors (Lipinski definition) is 1. The van der Waals surface area contributed by atoms with Gasteiger partial charge in [-0.25, -0.2) is 0 Å². The highest BCUT2D eigenvalue weighted by atomic mass is 19.4. The average Bonchev–Trinajstić information content (AvgIpc) is 2.52. The zero-order valence-corrected chi connectivity index (χ0v) is 12.0. The van der Waals surface area contributed by atoms with Gasteiger partial charge in [0.25, 0.3) is 5.91 Å². The molecule has 22 heavy (non-hydrogen) atoms. The van der Waals surface area contributed by atoms with Crippen molar-refractivity contribution in [2.75, 3.05) is 6.54 Å². The highest BCUT2D eigenvalue weighted by Gasteiger charge is 2.30. The van der Waals surface area contributed by atoms with E-state index in [1.807, 2.05) is 37.3 Å². The van der Waals surface area contributed by atoms with E-state index < -0.39 is 11.7 Å². The molecule has 116 valence electrons. The summed E-state index contributed by atoms with van der Waals surface area (Å²) in [5.41, 5.74) is 0.546. The van der Waals surface area contributed by atoms with E-state index in [1.54, 1.807) is 0 Å². The Kier molecular flexibility index (Phi) is 4.85. The molecule has 0 aliphatic heterocycles. The molecule has 2 nitrogen and oxygen atoms in total. The number of alkyl halides is 3. The summed E-state index contributed by atoms with van der Waals surface area (Å²) in [6, 6.07) is 13.9. The van der Waals surface area contributed by atoms with Crippen molar-refractivity contribution in [1.29, 1.82) is 0 Å². The first kappa shape index (κ1) is 16.1. The third-order valence-electron chi connectivity index (χ3n) is 3.41. The molecule has 1 amide bonds. The number of amides is 1. The van der Waals surface area contributed by atoms with Crippen LogP contribution >= 0.6 is 0 Å². The van der Waals surface area contributed by atoms with Crippen LogP contribution in [0.3, 0.4) is 0 Å². The van der Waals surface area contributed by atoms with Crippen LogP contribution in [-0.4, -0.2) is 12.5 Å². The third-order valence-corrected chi connectivity index (χ3v) is 3.41. The van der Waals surface area contributed by atoms with Crippen LogP contribution in [0.25, 0.3) is 0 Å². The fraction of sp³-hybridized carbons (Fsp3) is 0.235. The number of hydrogen-bond donors (Lipinski definition) is 1. The topological polar surface area (TPSA) is 29.1 Å². The first-order valence-electron chi connectivity index (χ1n) is 6.88. The number of benzene rings is 2. The van der Waals surface area contributed by atoms with Gasteiger partial charge < -0.3 is 5.32 Å². The third kappa shape index (κ3) is 4.10. The molecule has 0 spiro atoms. The zero-order chi connectivity index (χ0) is 16.2. The molecular formula is C17H16F3NO. The van der Waals surface area contributed by atoms with Crippen molar-refractivity contribution >= 4 is 5.91 Å². The van der Waals surface area contributed by atoms with Crippen LogP contribution < -0.4 is 5.32 Å². The SMILES string of the molecule is C[C@@H](CNC(=O)c1ccc(C(F)(F)F)cc1)c1ccccc1. The fourth-order valence-electron chi connectivity index (χ4n) is 2.06. The minimum atomic E-state index is -4.39. The summed E-state index contributed by atoms with van der Waals surface area (Å²) in [4.78, 5) is 11.9. The summed E-state index contributed by atoms with van der Waals surface area (Å²) in [5.74, 6) is -0.254. The minimum absolute atomic E-state index is 0.125. The maximum atomic E-state index is 12.5. The lowest BCUT2D eigenvalue weighted by Gasteiger charge is -2.13. The Morgan fingerprint density at radius 3 is 2.18 bits per heavy atom. The van der Waals surface area contributed by atoms with Crippen LogP contribution in [0.2, 0.25) is 0 Å². The van der Waals surface area contributed by atoms with Crippen LogP contribution in [0.4, 0.5) is 13.2 Å². The van der Waals surface area contributed by atoms with Crippen molar-refractivity contribution in [3.8, 4) is 0 Å². The normalized spacial score (nSPS) is 12.7. The van der Waals surface area contributed by atoms with Crippen molar-refractivity contribution in [1.82, 2.24) is 5.32 Å². The molecule has 0 saturated carbocycles. The Morgan fingerprint density at radius 2 is 1.64 bits per heavy atom. The van der Waals surface area contributed by atoms with E-state index >= 15 is 0 Å². The Balaban J connectivity index is 1.95. The lowest BCUT2D eigenvalue weighted by atomic mass is 10.0. The van der Waals surface area contributed by atoms with Gasteiger partial charge in [0.2, 0.25) is 0 Å². The van der Waals surface area contributed by atoms with Gasteiger partial charge in [-0.2, -0.15) is 13.2 Å². The van der Waals surface area contributed by atoms with Crippen molar-refractivity contribution in [3.63, 3.8) is 0 Å². The lowest BCUT2D eigenvalue weighted by Crippen LogP contribution is -2.27. The molecule has 5 heteroatoms. The van der Waals surface area contributed by atoms with Gasteiger partial charge in [0.1, 0.15) is 0 Å². The fourth-order valence-corrected chi connectivity index (χ4v) is 2.06. The molecule has 0 fully saturated rings. The molecule has 1 N–H and O–H groups in total. The van der Waals surface area contributed by atoms with Crippen LogP contribution in [0.5, 0.6) is 0 Å². The van der Waals surface area contributed by atoms with Crippen molar-refractivity contribution < 1.29 is 18.0 Å². The summed E-state index contributed by atoms with van der Waals surface area (Å²) >= 11 is 0. The van der Waals surface area contributed by atoms with Crippen LogP contribution in [0.1, 0.15) is 34.3 Å². The molecule has 0 aliphatic carbocycles. The summed E-state index contributed by atoms with van der Waals surface area (Å²) < 4.78 is 37.4. The van der Waals surface area contributed by atoms with Gasteiger partial charge in [0.15, 0.2) is 0 Å². The molecule has 0 radical (unpaired) electrons. The molecule has 0 unspecified atom stereocenters. The molecular weight excluding hydrogens is 291 g/mol. The molecule has 0 saturated heterocycles. The van der Waals surface area contributed by atoms with Gasteiger partial charge >= 0.3 is 6.18 Å². The predicted molar refractivity (Wildman–Crippen MR) is 78.6 cm³/mol. The number of halogens is 3. The zero-order valence-electron chi connectivity index (χ0n) is 12.0. The highest BCUT2D eigenvalue weighted by Crippen LogP contribution is 2.29. The maximum Gasteiger partial charge on any atom is 0.416 e. The van der Waals surface area contributed by atoms with Gasteiger partial charge in [-0.1, -0.05) is 37.3 Å². The summed E-state index contributed by atoms with van der Waals surface area (Å²) in [7, 11) is 0. The van der Waals surface area contributed by atoms with Crippen molar-refractivity contribution in [3.05, 3.63) is 71.3 Å². The van der Waals surface area contributed by atoms with Gasteiger partial charge in [-0.15, -0.1) is 0 Å². The molecule has 1 atom stereocenters. The van der Waals surface area contributed by atoms with E-state index in [1.165, 1.54) is 12.1 Å². The number of carbonyl (C=O) groups excluding carboxylic acids is 1. The second-order valence-electron chi connectivity index (χ2n) is 5.10. The summed E-state index contributed by atoms with van der Waals surface area (Å²) in [6.45, 7) is 2.40. The van der Waals surface area contributed by atoms with Gasteiger partial charge in [0, 0.05) is 12.1 Å². The monoisotopic (exact) mass is 307 g/mol. The van der Waals surface area contributed by atoms with E-state index in [0.717, 1.165) is 17.7 Å². The van der Waals surface area contributed by atoms with Gasteiger partial charge in [-0.3, -0.25) is 4.79 Å². The largest absolute Gasteiger partial charge is 0.416 e. The van der Waals surface area contributed by atoms with Gasteiger partial charge in [-0.05, 0) is 35.7 Å². The Morgan fingerprint density at radius 1 is 1.05 bits per heavy atom. The van der Waals surface area contributed by atoms with Gasteiger partial charge in [0.05, 0.1) is 5.56 Å². The smallest absolute Gasteiger partial charge is 0.351 e. The molecule has 0 aliphatic rings. The number of nitrogens with one attached hydrogen (secondary N) is 1. The van der Waals surface area contributed by atoms with E-state index in [4.69, 9.17) is 0 Å². The van der Waals surface area contributed by atoms with Crippen molar-refractivity contribution in [2.45, 2.75) is 19.0 Å². The Labute approximate surface area is 127 Å². The average molecular weight is 307 g/mol. The van der Waals surface area contributed by atoms with E-state index in [-0.39, 0.29) is 17.4 Å². The second kappa shape index (κ2) is 6.64. The molecule has 2 aromatic rings. The minimum Gasteiger partial charge on any atom is -0.351 e. The standard InChI is InChI=1S/C17H16F3NO/c1-12(13-5-3-2-4-6-13)11-21-16(22)14-7-9-15(10-8-14)17(18,19)20/h2-10,12H,11H2,1H3,(H,21,22)/t12-/m0/s1. The first-order chi connectivity index (χ1) is 10.4. The highest BCUT2D eigenvalue weighted by molar-refractivity contribution is 5.94. The quantitative estimate of drug-likeness (QED) is 0.899. The summed E-state index contributed by atoms with van der Waals surface area (Å²) in [5, 5.41) is 2.74. The van der Waals surface area contributed by atoms with Crippen LogP contribution in [0.15, 0.2) is 54.6 Å². The first-order valence-corrected chi connectivity index (χ1v) is 6.88. The predicted octanol–water partition coefficient (Wildman–Crippen LogP) is 4.24. The second-order valence-corrected chi connectivity index (χ2v) is 5.10. The van der Waals surface area contributed by atoms with E-state index in [9.17, 15) is 18.0 Å². The molecule has 0 heterocycles. The Bertz CT molecular complexity index is 621. The molecule has 0 bridgehead atoms. The number of carbonyl (C=O) groups is 1. The maximum absolute atomic E-state index is 12.5.